The zero-order chi connectivity index (χ0) is 24.5. The van der Waals surface area contributed by atoms with Crippen LogP contribution in [-0.4, -0.2) is 85.8 Å². The number of unbranched alkanes of at least 4 members (excludes halogenated alkanes) is 1. The van der Waals surface area contributed by atoms with Crippen molar-refractivity contribution in [3.05, 3.63) is 35.4 Å². The molecule has 0 unspecified atom stereocenters. The second-order valence-corrected chi connectivity index (χ2v) is 9.86. The minimum Gasteiger partial charge on any atom is -0.394 e. The van der Waals surface area contributed by atoms with Crippen molar-refractivity contribution in [1.29, 1.82) is 0 Å². The van der Waals surface area contributed by atoms with Gasteiger partial charge in [0, 0.05) is 25.1 Å². The normalized spacial score (nSPS) is 29.0. The van der Waals surface area contributed by atoms with Gasteiger partial charge in [-0.3, -0.25) is 9.69 Å². The van der Waals surface area contributed by atoms with E-state index in [-0.39, 0.29) is 43.0 Å². The Hall–Kier alpha value is -1.95. The van der Waals surface area contributed by atoms with Crippen LogP contribution in [0, 0.1) is 11.8 Å². The molecular weight excluding hydrogens is 444 g/mol. The third-order valence-corrected chi connectivity index (χ3v) is 7.14. The Bertz CT molecular complexity index is 858. The smallest absolute Gasteiger partial charge is 0.234 e. The lowest BCUT2D eigenvalue weighted by molar-refractivity contribution is -0.202. The number of hydrogen-bond donors (Lipinski definition) is 2. The van der Waals surface area contributed by atoms with Crippen molar-refractivity contribution in [1.82, 2.24) is 10.2 Å². The summed E-state index contributed by atoms with van der Waals surface area (Å²) in [6.45, 7) is 5.44. The molecule has 0 saturated carbocycles. The van der Waals surface area contributed by atoms with Crippen LogP contribution < -0.4 is 5.32 Å². The Kier molecular flexibility index (Phi) is 9.99. The number of aliphatic hydroxyl groups is 1. The van der Waals surface area contributed by atoms with Gasteiger partial charge in [-0.05, 0) is 56.2 Å². The number of rotatable bonds is 8. The molecule has 3 aliphatic heterocycles. The molecule has 1 amide bonds. The van der Waals surface area contributed by atoms with Gasteiger partial charge in [-0.15, -0.1) is 0 Å². The van der Waals surface area contributed by atoms with E-state index in [1.165, 1.54) is 5.56 Å². The number of fused-ring (bicyclic) bond motifs is 1. The van der Waals surface area contributed by atoms with Crippen molar-refractivity contribution < 1.29 is 24.1 Å². The van der Waals surface area contributed by atoms with E-state index in [9.17, 15) is 9.90 Å². The molecule has 192 valence electrons. The molecule has 7 nitrogen and oxygen atoms in total. The summed E-state index contributed by atoms with van der Waals surface area (Å²) in [4.78, 5) is 15.0. The standard InChI is InChI=1S/C28H40N2O5/c1-2-3-4-5-21-6-8-22(9-7-21)10-12-25-24(29-28(32)19-30-14-16-33-17-15-30)18-27-26(35-25)13-11-23(20-31)34-27/h6-9,23-27,31H,2-3,10-20H2,1H3,(H,29,32)/t23-,24+,25-,26+,27+/m1/s1. The van der Waals surface area contributed by atoms with Gasteiger partial charge in [-0.1, -0.05) is 30.9 Å². The number of nitrogens with zero attached hydrogens (tertiary/aromatic N) is 1. The number of hydrogen-bond acceptors (Lipinski definition) is 6. The summed E-state index contributed by atoms with van der Waals surface area (Å²) in [5.41, 5.74) is 2.29. The first-order chi connectivity index (χ1) is 17.1. The second kappa shape index (κ2) is 13.4. The molecule has 0 radical (unpaired) electrons. The first-order valence-electron chi connectivity index (χ1n) is 13.2. The number of carbonyl (C=O) groups is 1. The van der Waals surface area contributed by atoms with Gasteiger partial charge in [0.15, 0.2) is 0 Å². The first kappa shape index (κ1) is 26.1. The molecule has 0 aliphatic carbocycles. The van der Waals surface area contributed by atoms with Crippen LogP contribution >= 0.6 is 0 Å². The topological polar surface area (TPSA) is 80.3 Å². The highest BCUT2D eigenvalue weighted by Gasteiger charge is 2.42. The molecule has 4 rings (SSSR count). The third-order valence-electron chi connectivity index (χ3n) is 7.14. The molecule has 5 atom stereocenters. The van der Waals surface area contributed by atoms with Crippen LogP contribution in [0.3, 0.4) is 0 Å². The summed E-state index contributed by atoms with van der Waals surface area (Å²) in [7, 11) is 0. The predicted octanol–water partition coefficient (Wildman–Crippen LogP) is 2.29. The lowest BCUT2D eigenvalue weighted by Crippen LogP contribution is -2.58. The molecule has 3 fully saturated rings. The molecule has 3 saturated heterocycles. The molecule has 7 heteroatoms. The van der Waals surface area contributed by atoms with E-state index in [1.54, 1.807) is 0 Å². The third kappa shape index (κ3) is 7.77. The summed E-state index contributed by atoms with van der Waals surface area (Å²) in [6.07, 6.45) is 5.82. The van der Waals surface area contributed by atoms with Crippen molar-refractivity contribution >= 4 is 5.91 Å². The van der Waals surface area contributed by atoms with Crippen LogP contribution in [0.2, 0.25) is 0 Å². The SMILES string of the molecule is CCCC#Cc1ccc(CC[C@H]2O[C@H]3CC[C@H](CO)O[C@H]3C[C@@H]2NC(=O)CN2CCOCC2)cc1. The van der Waals surface area contributed by atoms with Crippen molar-refractivity contribution in [2.24, 2.45) is 0 Å². The second-order valence-electron chi connectivity index (χ2n) is 9.86. The van der Waals surface area contributed by atoms with Gasteiger partial charge in [0.2, 0.25) is 5.91 Å². The van der Waals surface area contributed by atoms with Crippen molar-refractivity contribution in [3.63, 3.8) is 0 Å². The van der Waals surface area contributed by atoms with Gasteiger partial charge in [0.05, 0.1) is 56.8 Å². The molecule has 1 aromatic carbocycles. The quantitative estimate of drug-likeness (QED) is 0.551. The fourth-order valence-corrected chi connectivity index (χ4v) is 5.15. The van der Waals surface area contributed by atoms with E-state index in [4.69, 9.17) is 14.2 Å². The molecule has 3 heterocycles. The zero-order valence-corrected chi connectivity index (χ0v) is 20.9. The van der Waals surface area contributed by atoms with Gasteiger partial charge in [0.1, 0.15) is 0 Å². The summed E-state index contributed by atoms with van der Waals surface area (Å²) in [5, 5.41) is 12.8. The van der Waals surface area contributed by atoms with E-state index in [2.05, 4.69) is 53.2 Å². The fourth-order valence-electron chi connectivity index (χ4n) is 5.15. The fraction of sp³-hybridized carbons (Fsp3) is 0.679. The Labute approximate surface area is 209 Å². The maximum atomic E-state index is 12.9. The lowest BCUT2D eigenvalue weighted by atomic mass is 9.88. The molecule has 2 N–H and O–H groups in total. The number of morpholine rings is 1. The van der Waals surface area contributed by atoms with Crippen LogP contribution in [0.1, 0.15) is 56.6 Å². The van der Waals surface area contributed by atoms with E-state index in [0.717, 1.165) is 57.2 Å². The number of nitrogens with one attached hydrogen (secondary N) is 1. The number of aliphatic hydroxyl groups excluding tert-OH is 1. The minimum absolute atomic E-state index is 0.0198. The number of benzene rings is 1. The molecule has 0 spiro atoms. The molecule has 1 aromatic rings. The summed E-state index contributed by atoms with van der Waals surface area (Å²) < 4.78 is 18.0. The maximum absolute atomic E-state index is 12.9. The molecule has 3 aliphatic rings. The Balaban J connectivity index is 1.36. The van der Waals surface area contributed by atoms with Crippen LogP contribution in [0.25, 0.3) is 0 Å². The largest absolute Gasteiger partial charge is 0.394 e. The van der Waals surface area contributed by atoms with Gasteiger partial charge in [-0.2, -0.15) is 0 Å². The van der Waals surface area contributed by atoms with Crippen LogP contribution in [0.5, 0.6) is 0 Å². The van der Waals surface area contributed by atoms with Gasteiger partial charge in [-0.25, -0.2) is 0 Å². The predicted molar refractivity (Wildman–Crippen MR) is 134 cm³/mol. The highest BCUT2D eigenvalue weighted by Crippen LogP contribution is 2.33. The van der Waals surface area contributed by atoms with E-state index in [0.29, 0.717) is 26.2 Å². The summed E-state index contributed by atoms with van der Waals surface area (Å²) in [6, 6.07) is 8.34. The molecular formula is C28H40N2O5. The average Bonchev–Trinajstić information content (AvgIpc) is 2.88. The maximum Gasteiger partial charge on any atom is 0.234 e. The molecule has 0 bridgehead atoms. The number of carbonyl (C=O) groups excluding carboxylic acids is 1. The van der Waals surface area contributed by atoms with Crippen molar-refractivity contribution in [3.8, 4) is 11.8 Å². The van der Waals surface area contributed by atoms with Crippen molar-refractivity contribution in [2.45, 2.75) is 82.3 Å². The van der Waals surface area contributed by atoms with Gasteiger partial charge >= 0.3 is 0 Å². The first-order valence-corrected chi connectivity index (χ1v) is 13.2. The number of amides is 1. The summed E-state index contributed by atoms with van der Waals surface area (Å²) >= 11 is 0. The average molecular weight is 485 g/mol. The number of ether oxygens (including phenoxy) is 3. The van der Waals surface area contributed by atoms with Crippen LogP contribution in [-0.2, 0) is 25.4 Å². The monoisotopic (exact) mass is 484 g/mol. The van der Waals surface area contributed by atoms with Crippen LogP contribution in [0.15, 0.2) is 24.3 Å². The highest BCUT2D eigenvalue weighted by molar-refractivity contribution is 5.78. The Morgan fingerprint density at radius 2 is 1.94 bits per heavy atom. The Morgan fingerprint density at radius 3 is 2.69 bits per heavy atom. The Morgan fingerprint density at radius 1 is 1.14 bits per heavy atom. The molecule has 35 heavy (non-hydrogen) atoms. The van der Waals surface area contributed by atoms with Gasteiger partial charge < -0.3 is 24.6 Å². The van der Waals surface area contributed by atoms with E-state index in [1.807, 2.05) is 0 Å². The van der Waals surface area contributed by atoms with Crippen LogP contribution in [0.4, 0.5) is 0 Å². The minimum atomic E-state index is -0.139. The van der Waals surface area contributed by atoms with E-state index >= 15 is 0 Å². The number of aryl methyl sites for hydroxylation is 1. The molecule has 0 aromatic heterocycles. The zero-order valence-electron chi connectivity index (χ0n) is 20.9. The van der Waals surface area contributed by atoms with Gasteiger partial charge in [0.25, 0.3) is 0 Å². The lowest BCUT2D eigenvalue weighted by Gasteiger charge is -2.45. The highest BCUT2D eigenvalue weighted by atomic mass is 16.6. The van der Waals surface area contributed by atoms with Crippen molar-refractivity contribution in [2.75, 3.05) is 39.5 Å². The van der Waals surface area contributed by atoms with E-state index < -0.39 is 0 Å². The summed E-state index contributed by atoms with van der Waals surface area (Å²) in [5.74, 6) is 6.43.